The molecule has 1 N–H and O–H groups in total. The van der Waals surface area contributed by atoms with Crippen molar-refractivity contribution in [1.29, 1.82) is 0 Å². The Morgan fingerprint density at radius 2 is 2.27 bits per heavy atom. The van der Waals surface area contributed by atoms with Gasteiger partial charge in [-0.1, -0.05) is 0 Å². The van der Waals surface area contributed by atoms with E-state index in [0.717, 1.165) is 0 Å². The van der Waals surface area contributed by atoms with Gasteiger partial charge >= 0.3 is 11.9 Å². The lowest BCUT2D eigenvalue weighted by Gasteiger charge is -2.19. The van der Waals surface area contributed by atoms with Crippen molar-refractivity contribution in [1.82, 2.24) is 0 Å². The summed E-state index contributed by atoms with van der Waals surface area (Å²) in [5, 5.41) is 7.85. The normalized spacial score (nSPS) is 25.3. The molecule has 1 aliphatic heterocycles. The van der Waals surface area contributed by atoms with Gasteiger partial charge in [0, 0.05) is 0 Å². The van der Waals surface area contributed by atoms with E-state index in [2.05, 4.69) is 4.89 Å². The molecule has 1 heterocycles. The van der Waals surface area contributed by atoms with Crippen LogP contribution in [0.1, 0.15) is 20.3 Å². The van der Waals surface area contributed by atoms with Crippen LogP contribution in [0.15, 0.2) is 0 Å². The first kappa shape index (κ1) is 12.3. The van der Waals surface area contributed by atoms with E-state index in [4.69, 9.17) is 14.7 Å². The van der Waals surface area contributed by atoms with E-state index in [1.54, 1.807) is 13.8 Å². The summed E-state index contributed by atoms with van der Waals surface area (Å²) >= 11 is 0. The maximum atomic E-state index is 13.0. The highest BCUT2D eigenvalue weighted by molar-refractivity contribution is 5.76. The van der Waals surface area contributed by atoms with Gasteiger partial charge in [0.25, 0.3) is 0 Å². The Kier molecular flexibility index (Phi) is 3.27. The van der Waals surface area contributed by atoms with Crippen molar-refractivity contribution in [2.75, 3.05) is 6.61 Å². The number of carbonyl (C=O) groups excluding carboxylic acids is 1. The summed E-state index contributed by atoms with van der Waals surface area (Å²) in [7, 11) is 0. The predicted octanol–water partition coefficient (Wildman–Crippen LogP) is 1.18. The van der Waals surface area contributed by atoms with E-state index < -0.39 is 30.2 Å². The fourth-order valence-electron chi connectivity index (χ4n) is 1.30. The van der Waals surface area contributed by atoms with Gasteiger partial charge in [-0.3, -0.25) is 4.89 Å². The van der Waals surface area contributed by atoms with Crippen molar-refractivity contribution in [3.05, 3.63) is 0 Å². The second-order valence-electron chi connectivity index (χ2n) is 3.74. The number of halogens is 2. The minimum atomic E-state index is -3.77. The van der Waals surface area contributed by atoms with Crippen LogP contribution in [0.2, 0.25) is 0 Å². The molecular weight excluding hydrogens is 214 g/mol. The molecule has 0 aromatic rings. The number of hydrogen-bond acceptors (Lipinski definition) is 5. The van der Waals surface area contributed by atoms with Gasteiger partial charge < -0.3 is 9.47 Å². The number of alkyl halides is 2. The third-order valence-electron chi connectivity index (χ3n) is 1.93. The molecule has 0 amide bonds. The van der Waals surface area contributed by atoms with E-state index in [9.17, 15) is 13.6 Å². The molecule has 1 unspecified atom stereocenters. The molecule has 0 aromatic carbocycles. The summed E-state index contributed by atoms with van der Waals surface area (Å²) in [6, 6.07) is 0. The summed E-state index contributed by atoms with van der Waals surface area (Å²) in [5.41, 5.74) is 0. The van der Waals surface area contributed by atoms with Crippen molar-refractivity contribution in [3.63, 3.8) is 0 Å². The molecule has 0 spiro atoms. The molecule has 7 heteroatoms. The monoisotopic (exact) mass is 226 g/mol. The highest BCUT2D eigenvalue weighted by Crippen LogP contribution is 2.30. The zero-order valence-corrected chi connectivity index (χ0v) is 8.33. The fourth-order valence-corrected chi connectivity index (χ4v) is 1.30. The standard InChI is InChI=1S/C8H12F2O5/c1-7(2)13-4-5(14-7)3-8(9,10)6(11)15-12/h5,12H,3-4H2,1-2H3. The Morgan fingerprint density at radius 3 is 2.67 bits per heavy atom. The number of hydrogen-bond donors (Lipinski definition) is 1. The molecule has 0 radical (unpaired) electrons. The Bertz CT molecular complexity index is 253. The van der Waals surface area contributed by atoms with Crippen molar-refractivity contribution >= 4 is 5.97 Å². The highest BCUT2D eigenvalue weighted by atomic mass is 19.3. The van der Waals surface area contributed by atoms with Gasteiger partial charge in [0.2, 0.25) is 0 Å². The van der Waals surface area contributed by atoms with Gasteiger partial charge in [0.1, 0.15) is 0 Å². The second-order valence-corrected chi connectivity index (χ2v) is 3.74. The summed E-state index contributed by atoms with van der Waals surface area (Å²) in [5.74, 6) is -6.69. The molecule has 1 saturated heterocycles. The van der Waals surface area contributed by atoms with Crippen LogP contribution in [-0.2, 0) is 19.2 Å². The topological polar surface area (TPSA) is 65.0 Å². The third-order valence-corrected chi connectivity index (χ3v) is 1.93. The van der Waals surface area contributed by atoms with Crippen LogP contribution in [0.5, 0.6) is 0 Å². The SMILES string of the molecule is CC1(C)OCC(CC(F)(F)C(=O)OO)O1. The molecule has 0 aliphatic carbocycles. The molecule has 0 aromatic heterocycles. The largest absolute Gasteiger partial charge is 0.410 e. The predicted molar refractivity (Wildman–Crippen MR) is 43.2 cm³/mol. The first-order valence-corrected chi connectivity index (χ1v) is 4.32. The summed E-state index contributed by atoms with van der Waals surface area (Å²) in [4.78, 5) is 13.5. The minimum Gasteiger partial charge on any atom is -0.348 e. The quantitative estimate of drug-likeness (QED) is 0.578. The highest BCUT2D eigenvalue weighted by Gasteiger charge is 2.47. The van der Waals surface area contributed by atoms with Crippen LogP contribution in [0.4, 0.5) is 8.78 Å². The molecular formula is C8H12F2O5. The molecule has 0 saturated carbocycles. The van der Waals surface area contributed by atoms with E-state index in [1.807, 2.05) is 0 Å². The van der Waals surface area contributed by atoms with Gasteiger partial charge in [0.05, 0.1) is 19.1 Å². The average molecular weight is 226 g/mol. The number of carbonyl (C=O) groups is 1. The van der Waals surface area contributed by atoms with Crippen molar-refractivity contribution in [2.45, 2.75) is 38.1 Å². The Labute approximate surface area is 84.8 Å². The van der Waals surface area contributed by atoms with Crippen LogP contribution in [0.3, 0.4) is 0 Å². The van der Waals surface area contributed by atoms with E-state index in [0.29, 0.717) is 0 Å². The van der Waals surface area contributed by atoms with Gasteiger partial charge in [-0.25, -0.2) is 4.79 Å². The van der Waals surface area contributed by atoms with Crippen LogP contribution < -0.4 is 0 Å². The second kappa shape index (κ2) is 3.99. The summed E-state index contributed by atoms with van der Waals surface area (Å²) in [6.45, 7) is 3.13. The fraction of sp³-hybridized carbons (Fsp3) is 0.875. The number of ether oxygens (including phenoxy) is 2. The average Bonchev–Trinajstić information content (AvgIpc) is 2.43. The van der Waals surface area contributed by atoms with Gasteiger partial charge in [0.15, 0.2) is 5.79 Å². The Hall–Kier alpha value is -0.790. The van der Waals surface area contributed by atoms with Crippen molar-refractivity contribution < 1.29 is 33.2 Å². The molecule has 1 fully saturated rings. The van der Waals surface area contributed by atoms with Gasteiger partial charge in [-0.2, -0.15) is 14.0 Å². The lowest BCUT2D eigenvalue weighted by atomic mass is 10.1. The minimum absolute atomic E-state index is 0.0265. The van der Waals surface area contributed by atoms with Gasteiger partial charge in [-0.15, -0.1) is 0 Å². The lowest BCUT2D eigenvalue weighted by molar-refractivity contribution is -0.259. The Morgan fingerprint density at radius 1 is 1.67 bits per heavy atom. The van der Waals surface area contributed by atoms with Crippen LogP contribution in [0, 0.1) is 0 Å². The maximum absolute atomic E-state index is 13.0. The molecule has 88 valence electrons. The molecule has 5 nitrogen and oxygen atoms in total. The summed E-state index contributed by atoms with van der Waals surface area (Å²) in [6.07, 6.45) is -1.77. The first-order valence-electron chi connectivity index (χ1n) is 4.32. The van der Waals surface area contributed by atoms with Crippen LogP contribution in [0.25, 0.3) is 0 Å². The third kappa shape index (κ3) is 3.08. The lowest BCUT2D eigenvalue weighted by Crippen LogP contribution is -2.35. The van der Waals surface area contributed by atoms with Crippen LogP contribution >= 0.6 is 0 Å². The van der Waals surface area contributed by atoms with E-state index in [1.165, 1.54) is 0 Å². The first-order chi connectivity index (χ1) is 6.77. The Balaban J connectivity index is 2.52. The smallest absolute Gasteiger partial charge is 0.348 e. The van der Waals surface area contributed by atoms with E-state index in [-0.39, 0.29) is 6.61 Å². The number of rotatable bonds is 3. The molecule has 1 atom stereocenters. The zero-order valence-electron chi connectivity index (χ0n) is 8.33. The maximum Gasteiger partial charge on any atom is 0.410 e. The molecule has 1 rings (SSSR count). The van der Waals surface area contributed by atoms with E-state index >= 15 is 0 Å². The van der Waals surface area contributed by atoms with Crippen LogP contribution in [-0.4, -0.2) is 35.6 Å². The molecule has 1 aliphatic rings. The van der Waals surface area contributed by atoms with Crippen molar-refractivity contribution in [3.8, 4) is 0 Å². The summed E-state index contributed by atoms with van der Waals surface area (Å²) < 4.78 is 36.0. The zero-order chi connectivity index (χ0) is 11.7. The van der Waals surface area contributed by atoms with Gasteiger partial charge in [-0.05, 0) is 13.8 Å². The molecule has 15 heavy (non-hydrogen) atoms. The molecule has 0 bridgehead atoms. The van der Waals surface area contributed by atoms with Crippen molar-refractivity contribution in [2.24, 2.45) is 0 Å².